The summed E-state index contributed by atoms with van der Waals surface area (Å²) in [4.78, 5) is 29.8. The summed E-state index contributed by atoms with van der Waals surface area (Å²) in [5.41, 5.74) is 3.36. The van der Waals surface area contributed by atoms with Crippen LogP contribution in [0.2, 0.25) is 0 Å². The summed E-state index contributed by atoms with van der Waals surface area (Å²) < 4.78 is 13.6. The number of allylic oxidation sites excluding steroid dienone is 3. The van der Waals surface area contributed by atoms with Gasteiger partial charge in [-0.2, -0.15) is 0 Å². The van der Waals surface area contributed by atoms with E-state index in [0.29, 0.717) is 23.5 Å². The number of Topliss-reactive ketones (excluding diaryl/α,β-unsaturated/α-hetero) is 1. The summed E-state index contributed by atoms with van der Waals surface area (Å²) in [6.07, 6.45) is 4.22. The fourth-order valence-electron chi connectivity index (χ4n) is 4.63. The van der Waals surface area contributed by atoms with E-state index in [4.69, 9.17) is 0 Å². The van der Waals surface area contributed by atoms with Crippen LogP contribution in [0.5, 0.6) is 0 Å². The molecule has 1 aromatic carbocycles. The van der Waals surface area contributed by atoms with Crippen molar-refractivity contribution >= 4 is 17.5 Å². The van der Waals surface area contributed by atoms with Crippen LogP contribution < -0.4 is 15.6 Å². The van der Waals surface area contributed by atoms with E-state index < -0.39 is 11.8 Å². The topological polar surface area (TPSA) is 72.3 Å². The van der Waals surface area contributed by atoms with Gasteiger partial charge in [-0.15, -0.1) is 0 Å². The number of H-pyrrole nitrogens is 1. The third-order valence-corrected chi connectivity index (χ3v) is 6.01. The van der Waals surface area contributed by atoms with Crippen molar-refractivity contribution in [1.29, 1.82) is 0 Å². The summed E-state index contributed by atoms with van der Waals surface area (Å²) in [5, 5.41) is 6.27. The highest BCUT2D eigenvalue weighted by Crippen LogP contribution is 2.46. The second-order valence-corrected chi connectivity index (χ2v) is 9.08. The number of hydrogen-bond donors (Lipinski definition) is 2. The van der Waals surface area contributed by atoms with Crippen molar-refractivity contribution in [3.8, 4) is 0 Å². The molecule has 160 valence electrons. The number of hydrogen-bond acceptors (Lipinski definition) is 3. The first-order valence-corrected chi connectivity index (χ1v) is 10.4. The molecule has 0 saturated heterocycles. The molecule has 5 nitrogen and oxygen atoms in total. The highest BCUT2D eigenvalue weighted by molar-refractivity contribution is 6.06. The summed E-state index contributed by atoms with van der Waals surface area (Å²) >= 11 is 0. The molecular weight excluding hydrogens is 393 g/mol. The Hall–Kier alpha value is -3.28. The minimum atomic E-state index is -0.510. The van der Waals surface area contributed by atoms with Crippen molar-refractivity contribution in [2.75, 3.05) is 5.32 Å². The standard InChI is InChI=1S/C25H26FN3O2/c1-14-6-5-11-27-23(14)29-24(31)20-15(2)28-18-12-25(3,4)13-19(30)22(18)21(20)16-7-9-17(26)10-8-16/h5-12,21-22,28H,13H2,1-4H3,(H,27,29,31)/p+1. The maximum atomic E-state index is 13.6. The van der Waals surface area contributed by atoms with E-state index in [2.05, 4.69) is 21.7 Å². The number of halogens is 1. The molecule has 1 amide bonds. The van der Waals surface area contributed by atoms with Gasteiger partial charge in [0.1, 0.15) is 11.6 Å². The number of aromatic amines is 1. The smallest absolute Gasteiger partial charge is 0.337 e. The van der Waals surface area contributed by atoms with Gasteiger partial charge in [-0.05, 0) is 49.1 Å². The highest BCUT2D eigenvalue weighted by Gasteiger charge is 2.46. The van der Waals surface area contributed by atoms with E-state index in [9.17, 15) is 14.0 Å². The van der Waals surface area contributed by atoms with Crippen molar-refractivity contribution in [2.24, 2.45) is 11.3 Å². The molecule has 4 rings (SSSR count). The number of carbonyl (C=O) groups is 2. The maximum absolute atomic E-state index is 13.6. The number of anilines is 1. The minimum absolute atomic E-state index is 0.0737. The molecule has 0 saturated carbocycles. The molecule has 31 heavy (non-hydrogen) atoms. The summed E-state index contributed by atoms with van der Waals surface area (Å²) in [6.45, 7) is 7.80. The molecule has 0 spiro atoms. The van der Waals surface area contributed by atoms with Gasteiger partial charge >= 0.3 is 5.91 Å². The molecule has 1 aromatic heterocycles. The number of amides is 1. The maximum Gasteiger partial charge on any atom is 0.337 e. The normalized spacial score (nSPS) is 22.4. The van der Waals surface area contributed by atoms with Crippen LogP contribution in [0.4, 0.5) is 10.2 Å². The molecule has 0 radical (unpaired) electrons. The van der Waals surface area contributed by atoms with Crippen LogP contribution >= 0.6 is 0 Å². The van der Waals surface area contributed by atoms with Crippen molar-refractivity contribution in [2.45, 2.75) is 40.0 Å². The van der Waals surface area contributed by atoms with Gasteiger partial charge in [0.15, 0.2) is 0 Å². The largest absolute Gasteiger partial charge is 0.362 e. The molecule has 0 fully saturated rings. The molecule has 2 unspecified atom stereocenters. The Morgan fingerprint density at radius 3 is 2.55 bits per heavy atom. The van der Waals surface area contributed by atoms with Crippen LogP contribution in [0.1, 0.15) is 44.2 Å². The van der Waals surface area contributed by atoms with Gasteiger partial charge in [-0.3, -0.25) is 4.79 Å². The molecule has 0 bridgehead atoms. The van der Waals surface area contributed by atoms with Gasteiger partial charge in [0.05, 0.1) is 17.7 Å². The van der Waals surface area contributed by atoms with Crippen LogP contribution in [0.25, 0.3) is 0 Å². The van der Waals surface area contributed by atoms with Crippen molar-refractivity contribution in [3.63, 3.8) is 0 Å². The molecular formula is C25H27FN3O2+. The number of ketones is 1. The minimum Gasteiger partial charge on any atom is -0.362 e. The fraction of sp³-hybridized carbons (Fsp3) is 0.320. The number of carbonyl (C=O) groups excluding carboxylic acids is 2. The van der Waals surface area contributed by atoms with E-state index in [1.807, 2.05) is 39.8 Å². The number of nitrogens with one attached hydrogen (secondary N) is 3. The van der Waals surface area contributed by atoms with Crippen molar-refractivity contribution in [3.05, 3.63) is 82.6 Å². The zero-order valence-corrected chi connectivity index (χ0v) is 18.2. The van der Waals surface area contributed by atoms with Crippen LogP contribution in [-0.4, -0.2) is 11.7 Å². The third-order valence-electron chi connectivity index (χ3n) is 6.01. The monoisotopic (exact) mass is 420 g/mol. The SMILES string of the molecule is CC1=C(C(=O)Nc2[nH+]cccc2C)C(c2ccc(F)cc2)C2C(=O)CC(C)(C)C=C2N1. The highest BCUT2D eigenvalue weighted by atomic mass is 19.1. The Morgan fingerprint density at radius 1 is 1.16 bits per heavy atom. The Kier molecular flexibility index (Phi) is 5.25. The van der Waals surface area contributed by atoms with Gasteiger partial charge in [-0.25, -0.2) is 19.5 Å². The molecule has 6 heteroatoms. The van der Waals surface area contributed by atoms with Crippen molar-refractivity contribution in [1.82, 2.24) is 5.32 Å². The lowest BCUT2D eigenvalue weighted by Crippen LogP contribution is -2.44. The van der Waals surface area contributed by atoms with E-state index in [-0.39, 0.29) is 22.9 Å². The number of pyridine rings is 1. The van der Waals surface area contributed by atoms with Gasteiger partial charge in [-0.1, -0.05) is 32.1 Å². The number of aromatic nitrogens is 1. The Labute approximate surface area is 181 Å². The predicted molar refractivity (Wildman–Crippen MR) is 116 cm³/mol. The van der Waals surface area contributed by atoms with Gasteiger partial charge in [0.25, 0.3) is 5.82 Å². The van der Waals surface area contributed by atoms with Gasteiger partial charge in [0.2, 0.25) is 0 Å². The first-order chi connectivity index (χ1) is 14.7. The fourth-order valence-corrected chi connectivity index (χ4v) is 4.63. The van der Waals surface area contributed by atoms with Crippen molar-refractivity contribution < 1.29 is 19.0 Å². The van der Waals surface area contributed by atoms with Crippen LogP contribution in [-0.2, 0) is 9.59 Å². The zero-order valence-electron chi connectivity index (χ0n) is 18.2. The lowest BCUT2D eigenvalue weighted by atomic mass is 9.66. The second kappa shape index (κ2) is 7.76. The van der Waals surface area contributed by atoms with E-state index in [1.54, 1.807) is 18.3 Å². The number of benzene rings is 1. The Bertz CT molecular complexity index is 1120. The Balaban J connectivity index is 1.83. The van der Waals surface area contributed by atoms with Crippen LogP contribution in [0, 0.1) is 24.1 Å². The van der Waals surface area contributed by atoms with E-state index in [0.717, 1.165) is 16.8 Å². The first-order valence-electron chi connectivity index (χ1n) is 10.4. The van der Waals surface area contributed by atoms with E-state index in [1.165, 1.54) is 12.1 Å². The summed E-state index contributed by atoms with van der Waals surface area (Å²) in [6, 6.07) is 9.83. The van der Waals surface area contributed by atoms with Gasteiger partial charge < -0.3 is 5.32 Å². The van der Waals surface area contributed by atoms with Crippen LogP contribution in [0.15, 0.2) is 65.6 Å². The lowest BCUT2D eigenvalue weighted by Gasteiger charge is -2.41. The zero-order chi connectivity index (χ0) is 22.3. The molecule has 1 aliphatic heterocycles. The average Bonchev–Trinajstić information content (AvgIpc) is 2.68. The first kappa shape index (κ1) is 21.0. The third kappa shape index (κ3) is 4.02. The number of fused-ring (bicyclic) bond motifs is 1. The molecule has 1 aliphatic carbocycles. The molecule has 2 heterocycles. The summed E-state index contributed by atoms with van der Waals surface area (Å²) in [7, 11) is 0. The molecule has 2 atom stereocenters. The molecule has 2 aromatic rings. The summed E-state index contributed by atoms with van der Waals surface area (Å²) in [5.74, 6) is -0.982. The van der Waals surface area contributed by atoms with Crippen LogP contribution in [0.3, 0.4) is 0 Å². The Morgan fingerprint density at radius 2 is 1.87 bits per heavy atom. The predicted octanol–water partition coefficient (Wildman–Crippen LogP) is 4.05. The lowest BCUT2D eigenvalue weighted by molar-refractivity contribution is -0.361. The molecule has 2 aliphatic rings. The van der Waals surface area contributed by atoms with Gasteiger partial charge in [0, 0.05) is 29.3 Å². The van der Waals surface area contributed by atoms with E-state index >= 15 is 0 Å². The quantitative estimate of drug-likeness (QED) is 0.787. The second-order valence-electron chi connectivity index (χ2n) is 9.08. The average molecular weight is 421 g/mol. The molecule has 3 N–H and O–H groups in total. The number of rotatable bonds is 3. The number of aryl methyl sites for hydroxylation is 1.